The minimum absolute atomic E-state index is 0. The molecule has 0 radical (unpaired) electrons. The summed E-state index contributed by atoms with van der Waals surface area (Å²) in [6.45, 7) is 5.29. The molecule has 1 atom stereocenters. The van der Waals surface area contributed by atoms with Crippen molar-refractivity contribution in [1.82, 2.24) is 10.6 Å². The van der Waals surface area contributed by atoms with Crippen LogP contribution < -0.4 is 10.6 Å². The first-order valence-corrected chi connectivity index (χ1v) is 9.46. The molecule has 3 rings (SSSR count). The molecule has 1 aliphatic heterocycles. The Morgan fingerprint density at radius 1 is 1.07 bits per heavy atom. The second-order valence-corrected chi connectivity index (χ2v) is 6.99. The average Bonchev–Trinajstić information content (AvgIpc) is 3.32. The first-order valence-electron chi connectivity index (χ1n) is 9.46. The quantitative estimate of drug-likeness (QED) is 0.341. The maximum atomic E-state index is 5.85. The van der Waals surface area contributed by atoms with Gasteiger partial charge in [-0.05, 0) is 43.9 Å². The topological polar surface area (TPSA) is 58.8 Å². The van der Waals surface area contributed by atoms with Crippen LogP contribution in [0.25, 0.3) is 0 Å². The van der Waals surface area contributed by atoms with Crippen LogP contribution in [0.4, 0.5) is 0 Å². The second-order valence-electron chi connectivity index (χ2n) is 6.99. The molecule has 1 aromatic carbocycles. The molecule has 1 unspecified atom stereocenters. The highest BCUT2D eigenvalue weighted by atomic mass is 127. The SMILES string of the molecule is CC1(CN=C(NCCc2ccccc2)NCCc2ccco2)CCCO1.I. The zero-order chi connectivity index (χ0) is 18.1. The average molecular weight is 483 g/mol. The molecule has 1 fully saturated rings. The number of furan rings is 1. The predicted molar refractivity (Wildman–Crippen MR) is 120 cm³/mol. The van der Waals surface area contributed by atoms with Gasteiger partial charge in [0.2, 0.25) is 0 Å². The third kappa shape index (κ3) is 7.54. The molecule has 2 N–H and O–H groups in total. The summed E-state index contributed by atoms with van der Waals surface area (Å²) in [5.74, 6) is 1.82. The van der Waals surface area contributed by atoms with Gasteiger partial charge in [0.25, 0.3) is 0 Å². The van der Waals surface area contributed by atoms with Crippen molar-refractivity contribution in [1.29, 1.82) is 0 Å². The van der Waals surface area contributed by atoms with Crippen molar-refractivity contribution in [3.05, 3.63) is 60.1 Å². The number of guanidine groups is 1. The summed E-state index contributed by atoms with van der Waals surface area (Å²) in [4.78, 5) is 4.77. The van der Waals surface area contributed by atoms with Crippen LogP contribution in [0.1, 0.15) is 31.1 Å². The van der Waals surface area contributed by atoms with Crippen molar-refractivity contribution in [2.75, 3.05) is 26.2 Å². The van der Waals surface area contributed by atoms with E-state index >= 15 is 0 Å². The molecule has 1 saturated heterocycles. The van der Waals surface area contributed by atoms with Crippen molar-refractivity contribution < 1.29 is 9.15 Å². The lowest BCUT2D eigenvalue weighted by Gasteiger charge is -2.21. The number of benzene rings is 1. The highest BCUT2D eigenvalue weighted by molar-refractivity contribution is 14.0. The lowest BCUT2D eigenvalue weighted by atomic mass is 10.0. The fourth-order valence-electron chi connectivity index (χ4n) is 3.11. The van der Waals surface area contributed by atoms with Crippen molar-refractivity contribution >= 4 is 29.9 Å². The highest BCUT2D eigenvalue weighted by Crippen LogP contribution is 2.24. The van der Waals surface area contributed by atoms with Gasteiger partial charge in [-0.25, -0.2) is 0 Å². The molecule has 2 heterocycles. The van der Waals surface area contributed by atoms with Crippen LogP contribution in [-0.4, -0.2) is 37.8 Å². The van der Waals surface area contributed by atoms with E-state index in [1.54, 1.807) is 6.26 Å². The van der Waals surface area contributed by atoms with Gasteiger partial charge in [-0.1, -0.05) is 30.3 Å². The molecule has 2 aromatic rings. The van der Waals surface area contributed by atoms with Crippen LogP contribution in [0.3, 0.4) is 0 Å². The van der Waals surface area contributed by atoms with Crippen LogP contribution in [0, 0.1) is 0 Å². The molecule has 0 spiro atoms. The maximum Gasteiger partial charge on any atom is 0.191 e. The van der Waals surface area contributed by atoms with Crippen LogP contribution in [0.5, 0.6) is 0 Å². The monoisotopic (exact) mass is 483 g/mol. The zero-order valence-electron chi connectivity index (χ0n) is 15.9. The van der Waals surface area contributed by atoms with Gasteiger partial charge in [0.1, 0.15) is 5.76 Å². The van der Waals surface area contributed by atoms with Crippen molar-refractivity contribution in [3.63, 3.8) is 0 Å². The van der Waals surface area contributed by atoms with E-state index < -0.39 is 0 Å². The van der Waals surface area contributed by atoms with Gasteiger partial charge in [0.15, 0.2) is 5.96 Å². The zero-order valence-corrected chi connectivity index (χ0v) is 18.3. The summed E-state index contributed by atoms with van der Waals surface area (Å²) in [5.41, 5.74) is 1.19. The van der Waals surface area contributed by atoms with E-state index in [4.69, 9.17) is 14.1 Å². The maximum absolute atomic E-state index is 5.85. The number of hydrogen-bond donors (Lipinski definition) is 2. The number of hydrogen-bond acceptors (Lipinski definition) is 3. The van der Waals surface area contributed by atoms with Crippen LogP contribution in [0.2, 0.25) is 0 Å². The van der Waals surface area contributed by atoms with Crippen LogP contribution in [-0.2, 0) is 17.6 Å². The smallest absolute Gasteiger partial charge is 0.191 e. The van der Waals surface area contributed by atoms with E-state index in [0.29, 0.717) is 6.54 Å². The molecule has 0 saturated carbocycles. The lowest BCUT2D eigenvalue weighted by Crippen LogP contribution is -2.41. The molecule has 1 aromatic heterocycles. The third-order valence-corrected chi connectivity index (χ3v) is 4.67. The normalized spacial score (nSPS) is 19.5. The van der Waals surface area contributed by atoms with Crippen molar-refractivity contribution in [2.24, 2.45) is 4.99 Å². The summed E-state index contributed by atoms with van der Waals surface area (Å²) in [5, 5.41) is 6.85. The molecule has 0 amide bonds. The van der Waals surface area contributed by atoms with Gasteiger partial charge in [-0.15, -0.1) is 24.0 Å². The van der Waals surface area contributed by atoms with Crippen LogP contribution >= 0.6 is 24.0 Å². The molecule has 0 aliphatic carbocycles. The molecule has 0 bridgehead atoms. The Balaban J connectivity index is 0.00000261. The minimum Gasteiger partial charge on any atom is -0.469 e. The largest absolute Gasteiger partial charge is 0.469 e. The Labute approximate surface area is 179 Å². The molecular formula is C21H30IN3O2. The van der Waals surface area contributed by atoms with Gasteiger partial charge in [-0.3, -0.25) is 4.99 Å². The number of nitrogens with zero attached hydrogens (tertiary/aromatic N) is 1. The first-order chi connectivity index (χ1) is 12.7. The van der Waals surface area contributed by atoms with Gasteiger partial charge < -0.3 is 19.8 Å². The first kappa shape index (κ1) is 21.8. The Hall–Kier alpha value is -1.54. The predicted octanol–water partition coefficient (Wildman–Crippen LogP) is 3.79. The number of nitrogens with one attached hydrogen (secondary N) is 2. The summed E-state index contributed by atoms with van der Waals surface area (Å²) in [6.07, 6.45) is 5.70. The third-order valence-electron chi connectivity index (χ3n) is 4.67. The minimum atomic E-state index is -0.130. The molecule has 1 aliphatic rings. The van der Waals surface area contributed by atoms with Crippen molar-refractivity contribution in [2.45, 2.75) is 38.2 Å². The van der Waals surface area contributed by atoms with Gasteiger partial charge in [-0.2, -0.15) is 0 Å². The summed E-state index contributed by atoms with van der Waals surface area (Å²) in [6, 6.07) is 14.4. The summed E-state index contributed by atoms with van der Waals surface area (Å²) < 4.78 is 11.2. The summed E-state index contributed by atoms with van der Waals surface area (Å²) >= 11 is 0. The standard InChI is InChI=1S/C21H29N3O2.HI/c1-21(12-6-16-26-21)17-24-20(23-14-11-19-9-5-15-25-19)22-13-10-18-7-3-2-4-8-18;/h2-5,7-9,15H,6,10-14,16-17H2,1H3,(H2,22,23,24);1H. The van der Waals surface area contributed by atoms with E-state index in [2.05, 4.69) is 41.8 Å². The van der Waals surface area contributed by atoms with Gasteiger partial charge in [0, 0.05) is 26.1 Å². The Bertz CT molecular complexity index is 668. The number of halogens is 1. The van der Waals surface area contributed by atoms with E-state index in [1.165, 1.54) is 5.56 Å². The van der Waals surface area contributed by atoms with E-state index in [0.717, 1.165) is 57.1 Å². The molecule has 5 nitrogen and oxygen atoms in total. The Morgan fingerprint density at radius 2 is 1.85 bits per heavy atom. The van der Waals surface area contributed by atoms with E-state index in [1.807, 2.05) is 18.2 Å². The molecular weight excluding hydrogens is 453 g/mol. The number of rotatable bonds is 8. The lowest BCUT2D eigenvalue weighted by molar-refractivity contribution is 0.0283. The van der Waals surface area contributed by atoms with Crippen LogP contribution in [0.15, 0.2) is 58.1 Å². The highest BCUT2D eigenvalue weighted by Gasteiger charge is 2.29. The summed E-state index contributed by atoms with van der Waals surface area (Å²) in [7, 11) is 0. The number of aliphatic imine (C=N–C) groups is 1. The molecule has 6 heteroatoms. The number of ether oxygens (including phenoxy) is 1. The van der Waals surface area contributed by atoms with Crippen molar-refractivity contribution in [3.8, 4) is 0 Å². The molecule has 27 heavy (non-hydrogen) atoms. The van der Waals surface area contributed by atoms with E-state index in [-0.39, 0.29) is 29.6 Å². The Morgan fingerprint density at radius 3 is 2.52 bits per heavy atom. The Kier molecular flexibility index (Phi) is 9.14. The van der Waals surface area contributed by atoms with Gasteiger partial charge in [0.05, 0.1) is 18.4 Å². The fourth-order valence-corrected chi connectivity index (χ4v) is 3.11. The van der Waals surface area contributed by atoms with Gasteiger partial charge >= 0.3 is 0 Å². The fraction of sp³-hybridized carbons (Fsp3) is 0.476. The van der Waals surface area contributed by atoms with E-state index in [9.17, 15) is 0 Å². The second kappa shape index (κ2) is 11.3. The molecule has 148 valence electrons.